The highest BCUT2D eigenvalue weighted by atomic mass is 19.1. The van der Waals surface area contributed by atoms with E-state index in [4.69, 9.17) is 0 Å². The van der Waals surface area contributed by atoms with Crippen molar-refractivity contribution in [2.75, 3.05) is 20.1 Å². The van der Waals surface area contributed by atoms with Crippen molar-refractivity contribution in [1.82, 2.24) is 15.5 Å². The van der Waals surface area contributed by atoms with E-state index in [0.29, 0.717) is 25.9 Å². The Hall–Kier alpha value is -2.18. The first kappa shape index (κ1) is 16.2. The molecule has 0 aromatic heterocycles. The lowest BCUT2D eigenvalue weighted by molar-refractivity contribution is -0.126. The Bertz CT molecular complexity index is 558. The second-order valence-corrected chi connectivity index (χ2v) is 5.27. The molecule has 120 valence electrons. The van der Waals surface area contributed by atoms with E-state index in [0.717, 1.165) is 12.1 Å². The van der Waals surface area contributed by atoms with Crippen LogP contribution in [0.5, 0.6) is 0 Å². The molecule has 1 aromatic rings. The molecule has 0 aliphatic carbocycles. The summed E-state index contributed by atoms with van der Waals surface area (Å²) in [7, 11) is 1.57. The van der Waals surface area contributed by atoms with Crippen molar-refractivity contribution in [1.29, 1.82) is 0 Å². The molecule has 0 unspecified atom stereocenters. The zero-order valence-electron chi connectivity index (χ0n) is 12.4. The van der Waals surface area contributed by atoms with Crippen LogP contribution in [0.2, 0.25) is 0 Å². The molecule has 3 amide bonds. The van der Waals surface area contributed by atoms with Gasteiger partial charge in [-0.2, -0.15) is 0 Å². The van der Waals surface area contributed by atoms with Crippen LogP contribution in [0.15, 0.2) is 18.2 Å². The third-order valence-electron chi connectivity index (χ3n) is 3.84. The fourth-order valence-electron chi connectivity index (χ4n) is 2.49. The number of urea groups is 1. The molecule has 1 aromatic carbocycles. The van der Waals surface area contributed by atoms with Gasteiger partial charge in [-0.25, -0.2) is 13.6 Å². The van der Waals surface area contributed by atoms with Gasteiger partial charge in [0.05, 0.1) is 0 Å². The van der Waals surface area contributed by atoms with E-state index in [-0.39, 0.29) is 30.0 Å². The normalized spacial score (nSPS) is 15.5. The van der Waals surface area contributed by atoms with E-state index in [9.17, 15) is 18.4 Å². The molecule has 0 spiro atoms. The smallest absolute Gasteiger partial charge is 0.317 e. The molecule has 2 rings (SSSR count). The molecule has 5 nitrogen and oxygen atoms in total. The number of nitrogens with one attached hydrogen (secondary N) is 2. The summed E-state index contributed by atoms with van der Waals surface area (Å²) in [6.45, 7) is 1.06. The summed E-state index contributed by atoms with van der Waals surface area (Å²) >= 11 is 0. The minimum atomic E-state index is -0.672. The number of hydrogen-bond donors (Lipinski definition) is 2. The van der Waals surface area contributed by atoms with Crippen LogP contribution in [-0.2, 0) is 11.3 Å². The van der Waals surface area contributed by atoms with Crippen LogP contribution in [-0.4, -0.2) is 37.0 Å². The predicted octanol–water partition coefficient (Wildman–Crippen LogP) is 1.63. The zero-order chi connectivity index (χ0) is 16.1. The van der Waals surface area contributed by atoms with E-state index in [1.165, 1.54) is 6.07 Å². The molecule has 1 heterocycles. The predicted molar refractivity (Wildman–Crippen MR) is 77.0 cm³/mol. The van der Waals surface area contributed by atoms with Crippen molar-refractivity contribution in [2.24, 2.45) is 5.92 Å². The molecule has 0 bridgehead atoms. The van der Waals surface area contributed by atoms with E-state index >= 15 is 0 Å². The first-order valence-corrected chi connectivity index (χ1v) is 7.19. The second-order valence-electron chi connectivity index (χ2n) is 5.27. The maximum absolute atomic E-state index is 13.5. The number of amides is 3. The largest absolute Gasteiger partial charge is 0.352 e. The third kappa shape index (κ3) is 3.93. The molecule has 1 saturated heterocycles. The van der Waals surface area contributed by atoms with Gasteiger partial charge >= 0.3 is 6.03 Å². The fourth-order valence-corrected chi connectivity index (χ4v) is 2.49. The minimum absolute atomic E-state index is 0.0284. The molecule has 2 N–H and O–H groups in total. The summed E-state index contributed by atoms with van der Waals surface area (Å²) in [6.07, 6.45) is 1.15. The average Bonchev–Trinajstić information content (AvgIpc) is 2.53. The minimum Gasteiger partial charge on any atom is -0.352 e. The molecule has 0 saturated carbocycles. The van der Waals surface area contributed by atoms with Crippen LogP contribution in [0.3, 0.4) is 0 Å². The van der Waals surface area contributed by atoms with Crippen molar-refractivity contribution in [2.45, 2.75) is 19.4 Å². The van der Waals surface area contributed by atoms with E-state index in [2.05, 4.69) is 10.6 Å². The molecule has 0 radical (unpaired) electrons. The average molecular weight is 311 g/mol. The summed E-state index contributed by atoms with van der Waals surface area (Å²) in [5, 5.41) is 5.22. The highest BCUT2D eigenvalue weighted by Gasteiger charge is 2.26. The fraction of sp³-hybridized carbons (Fsp3) is 0.467. The number of benzene rings is 1. The lowest BCUT2D eigenvalue weighted by Gasteiger charge is -2.30. The van der Waals surface area contributed by atoms with Crippen LogP contribution >= 0.6 is 0 Å². The Morgan fingerprint density at radius 1 is 1.27 bits per heavy atom. The van der Waals surface area contributed by atoms with Gasteiger partial charge in [-0.15, -0.1) is 0 Å². The lowest BCUT2D eigenvalue weighted by Crippen LogP contribution is -2.45. The number of piperidine rings is 1. The molecule has 1 aliphatic rings. The maximum Gasteiger partial charge on any atom is 0.317 e. The molecule has 7 heteroatoms. The van der Waals surface area contributed by atoms with Gasteiger partial charge < -0.3 is 15.5 Å². The van der Waals surface area contributed by atoms with Crippen molar-refractivity contribution in [3.8, 4) is 0 Å². The van der Waals surface area contributed by atoms with Crippen molar-refractivity contribution in [3.05, 3.63) is 35.4 Å². The van der Waals surface area contributed by atoms with Crippen LogP contribution in [0.1, 0.15) is 18.4 Å². The second kappa shape index (κ2) is 7.20. The van der Waals surface area contributed by atoms with Gasteiger partial charge in [-0.05, 0) is 18.9 Å². The number of carbonyl (C=O) groups excluding carboxylic acids is 2. The summed E-state index contributed by atoms with van der Waals surface area (Å²) in [5.41, 5.74) is 0.248. The number of carbonyl (C=O) groups is 2. The number of rotatable bonds is 3. The Kier molecular flexibility index (Phi) is 5.30. The Morgan fingerprint density at radius 3 is 2.55 bits per heavy atom. The topological polar surface area (TPSA) is 61.4 Å². The van der Waals surface area contributed by atoms with Gasteiger partial charge in [-0.1, -0.05) is 6.07 Å². The van der Waals surface area contributed by atoms with Gasteiger partial charge in [0.25, 0.3) is 0 Å². The SMILES string of the molecule is CNC(=O)N1CCC(C(=O)NCc2ccc(F)cc2F)CC1. The Balaban J connectivity index is 1.82. The summed E-state index contributed by atoms with van der Waals surface area (Å²) < 4.78 is 26.3. The summed E-state index contributed by atoms with van der Waals surface area (Å²) in [4.78, 5) is 25.2. The highest BCUT2D eigenvalue weighted by molar-refractivity contribution is 5.79. The quantitative estimate of drug-likeness (QED) is 0.891. The van der Waals surface area contributed by atoms with Gasteiger partial charge in [0.1, 0.15) is 11.6 Å². The lowest BCUT2D eigenvalue weighted by atomic mass is 9.96. The first-order valence-electron chi connectivity index (χ1n) is 7.19. The molecule has 1 aliphatic heterocycles. The Morgan fingerprint density at radius 2 is 1.95 bits per heavy atom. The van der Waals surface area contributed by atoms with E-state index in [1.807, 2.05) is 0 Å². The van der Waals surface area contributed by atoms with Crippen molar-refractivity contribution < 1.29 is 18.4 Å². The van der Waals surface area contributed by atoms with Crippen LogP contribution in [0, 0.1) is 17.6 Å². The van der Waals surface area contributed by atoms with Crippen LogP contribution < -0.4 is 10.6 Å². The third-order valence-corrected chi connectivity index (χ3v) is 3.84. The van der Waals surface area contributed by atoms with E-state index < -0.39 is 11.6 Å². The molecular weight excluding hydrogens is 292 g/mol. The van der Waals surface area contributed by atoms with Gasteiger partial charge in [0.15, 0.2) is 0 Å². The molecule has 22 heavy (non-hydrogen) atoms. The van der Waals surface area contributed by atoms with Crippen LogP contribution in [0.25, 0.3) is 0 Å². The zero-order valence-corrected chi connectivity index (χ0v) is 12.4. The number of halogens is 2. The summed E-state index contributed by atoms with van der Waals surface area (Å²) in [5.74, 6) is -1.67. The van der Waals surface area contributed by atoms with Crippen LogP contribution in [0.4, 0.5) is 13.6 Å². The monoisotopic (exact) mass is 311 g/mol. The number of likely N-dealkylation sites (tertiary alicyclic amines) is 1. The van der Waals surface area contributed by atoms with E-state index in [1.54, 1.807) is 11.9 Å². The van der Waals surface area contributed by atoms with Gasteiger partial charge in [0.2, 0.25) is 5.91 Å². The summed E-state index contributed by atoms with van der Waals surface area (Å²) in [6, 6.07) is 3.13. The number of hydrogen-bond acceptors (Lipinski definition) is 2. The number of nitrogens with zero attached hydrogens (tertiary/aromatic N) is 1. The highest BCUT2D eigenvalue weighted by Crippen LogP contribution is 2.18. The molecular formula is C15H19F2N3O2. The van der Waals surface area contributed by atoms with Crippen molar-refractivity contribution >= 4 is 11.9 Å². The first-order chi connectivity index (χ1) is 10.5. The Labute approximate surface area is 127 Å². The molecule has 1 fully saturated rings. The standard InChI is InChI=1S/C15H19F2N3O2/c1-18-15(22)20-6-4-10(5-7-20)14(21)19-9-11-2-3-12(16)8-13(11)17/h2-3,8,10H,4-7,9H2,1H3,(H,18,22)(H,19,21). The van der Waals surface area contributed by atoms with Crippen molar-refractivity contribution in [3.63, 3.8) is 0 Å². The maximum atomic E-state index is 13.5. The molecule has 0 atom stereocenters. The van der Waals surface area contributed by atoms with Gasteiger partial charge in [0, 0.05) is 44.2 Å². The van der Waals surface area contributed by atoms with Gasteiger partial charge in [-0.3, -0.25) is 4.79 Å².